The van der Waals surface area contributed by atoms with Crippen LogP contribution >= 0.6 is 0 Å². The molecule has 1 saturated carbocycles. The molecule has 0 amide bonds. The first-order valence-corrected chi connectivity index (χ1v) is 10.6. The standard InChI is InChI=1S/C23H23NO5/c1-11-14-9-23(27)16-8-13-4-5-15(25)19-17(13)22(23,6-7-24(16)10-12-2-3-12)20(28-19)18(14)29-21(11)26/h4-5,12,16,20,25,27H,1-3,6-10H2/t16-,20?,22+,23?/m1/s1. The number of likely N-dealkylation sites (tertiary alicyclic amines) is 1. The van der Waals surface area contributed by atoms with Gasteiger partial charge in [-0.3, -0.25) is 4.90 Å². The zero-order valence-electron chi connectivity index (χ0n) is 16.1. The number of ether oxygens (including phenoxy) is 2. The molecule has 3 aliphatic heterocycles. The molecule has 7 rings (SSSR count). The minimum Gasteiger partial charge on any atom is -0.504 e. The molecular formula is C23H23NO5. The Hall–Kier alpha value is -2.31. The van der Waals surface area contributed by atoms with E-state index in [4.69, 9.17) is 9.47 Å². The van der Waals surface area contributed by atoms with Crippen LogP contribution in [0.3, 0.4) is 0 Å². The summed E-state index contributed by atoms with van der Waals surface area (Å²) in [5, 5.41) is 23.0. The Morgan fingerprint density at radius 1 is 1.31 bits per heavy atom. The predicted molar refractivity (Wildman–Crippen MR) is 102 cm³/mol. The fourth-order valence-electron chi connectivity index (χ4n) is 6.81. The van der Waals surface area contributed by atoms with Gasteiger partial charge in [0.2, 0.25) is 0 Å². The summed E-state index contributed by atoms with van der Waals surface area (Å²) < 4.78 is 11.9. The van der Waals surface area contributed by atoms with Gasteiger partial charge in [-0.2, -0.15) is 0 Å². The Morgan fingerprint density at radius 3 is 2.93 bits per heavy atom. The number of fused-ring (bicyclic) bond motifs is 1. The lowest BCUT2D eigenvalue weighted by atomic mass is 9.49. The van der Waals surface area contributed by atoms with Gasteiger partial charge in [-0.1, -0.05) is 12.6 Å². The topological polar surface area (TPSA) is 79.2 Å². The Morgan fingerprint density at radius 2 is 2.14 bits per heavy atom. The summed E-state index contributed by atoms with van der Waals surface area (Å²) in [5.74, 6) is 1.29. The van der Waals surface area contributed by atoms with Crippen LogP contribution in [0.5, 0.6) is 11.5 Å². The van der Waals surface area contributed by atoms with Crippen molar-refractivity contribution in [2.45, 2.75) is 55.3 Å². The highest BCUT2D eigenvalue weighted by Crippen LogP contribution is 2.67. The average Bonchev–Trinajstić information content (AvgIpc) is 3.37. The van der Waals surface area contributed by atoms with Crippen molar-refractivity contribution in [3.8, 4) is 11.5 Å². The third-order valence-electron chi connectivity index (χ3n) is 8.31. The lowest BCUT2D eigenvalue weighted by Crippen LogP contribution is -2.75. The van der Waals surface area contributed by atoms with Crippen molar-refractivity contribution in [1.82, 2.24) is 4.90 Å². The summed E-state index contributed by atoms with van der Waals surface area (Å²) in [5.41, 5.74) is 1.27. The SMILES string of the molecule is C=C1C(=O)OC2=C1CC1(O)[C@H]3Cc4ccc(O)c5c4[C@@]1(CCN3CC1CC1)C2O5. The van der Waals surface area contributed by atoms with Crippen molar-refractivity contribution in [3.05, 3.63) is 46.7 Å². The van der Waals surface area contributed by atoms with Crippen molar-refractivity contribution in [2.24, 2.45) is 5.92 Å². The summed E-state index contributed by atoms with van der Waals surface area (Å²) in [7, 11) is 0. The van der Waals surface area contributed by atoms with E-state index >= 15 is 0 Å². The number of benzene rings is 1. The molecule has 29 heavy (non-hydrogen) atoms. The molecule has 6 heteroatoms. The van der Waals surface area contributed by atoms with Gasteiger partial charge in [0.25, 0.3) is 0 Å². The molecular weight excluding hydrogens is 370 g/mol. The van der Waals surface area contributed by atoms with Crippen molar-refractivity contribution in [3.63, 3.8) is 0 Å². The second-order valence-corrected chi connectivity index (χ2v) is 9.64. The molecule has 1 aromatic rings. The minimum atomic E-state index is -1.09. The van der Waals surface area contributed by atoms with Gasteiger partial charge in [0.15, 0.2) is 23.4 Å². The Bertz CT molecular complexity index is 1060. The fraction of sp³-hybridized carbons (Fsp3) is 0.522. The van der Waals surface area contributed by atoms with Crippen LogP contribution in [-0.4, -0.2) is 51.9 Å². The molecule has 2 N–H and O–H groups in total. The van der Waals surface area contributed by atoms with Gasteiger partial charge in [-0.15, -0.1) is 0 Å². The van der Waals surface area contributed by atoms with Crippen LogP contribution in [0.1, 0.15) is 36.8 Å². The van der Waals surface area contributed by atoms with E-state index in [-0.39, 0.29) is 11.8 Å². The second-order valence-electron chi connectivity index (χ2n) is 9.64. The quantitative estimate of drug-likeness (QED) is 0.591. The highest BCUT2D eigenvalue weighted by Gasteiger charge is 2.74. The number of hydrogen-bond donors (Lipinski definition) is 2. The van der Waals surface area contributed by atoms with Crippen molar-refractivity contribution < 1.29 is 24.5 Å². The first-order chi connectivity index (χ1) is 13.9. The predicted octanol–water partition coefficient (Wildman–Crippen LogP) is 1.93. The van der Waals surface area contributed by atoms with E-state index in [2.05, 4.69) is 11.5 Å². The maximum Gasteiger partial charge on any atom is 0.343 e. The molecule has 1 aromatic carbocycles. The van der Waals surface area contributed by atoms with E-state index in [0.29, 0.717) is 41.9 Å². The van der Waals surface area contributed by atoms with Crippen molar-refractivity contribution >= 4 is 5.97 Å². The van der Waals surface area contributed by atoms with Gasteiger partial charge >= 0.3 is 5.97 Å². The number of phenols is 1. The largest absolute Gasteiger partial charge is 0.504 e. The van der Waals surface area contributed by atoms with E-state index in [1.807, 2.05) is 6.07 Å². The molecule has 3 heterocycles. The number of aliphatic hydroxyl groups is 1. The molecule has 3 aliphatic carbocycles. The van der Waals surface area contributed by atoms with Crippen molar-refractivity contribution in [2.75, 3.05) is 13.1 Å². The zero-order valence-corrected chi connectivity index (χ0v) is 16.1. The van der Waals surface area contributed by atoms with Gasteiger partial charge in [0.1, 0.15) is 0 Å². The fourth-order valence-corrected chi connectivity index (χ4v) is 6.81. The summed E-state index contributed by atoms with van der Waals surface area (Å²) in [6.07, 6.45) is 3.69. The Balaban J connectivity index is 1.49. The minimum absolute atomic E-state index is 0.0523. The van der Waals surface area contributed by atoms with Gasteiger partial charge in [-0.05, 0) is 49.8 Å². The number of aromatic hydroxyl groups is 1. The van der Waals surface area contributed by atoms with Crippen LogP contribution in [0.15, 0.2) is 35.6 Å². The number of esters is 1. The molecule has 2 fully saturated rings. The van der Waals surface area contributed by atoms with Gasteiger partial charge in [0, 0.05) is 30.1 Å². The van der Waals surface area contributed by atoms with E-state index in [9.17, 15) is 15.0 Å². The number of carbonyl (C=O) groups is 1. The van der Waals surface area contributed by atoms with E-state index in [1.54, 1.807) is 6.07 Å². The average molecular weight is 393 g/mol. The summed E-state index contributed by atoms with van der Waals surface area (Å²) >= 11 is 0. The van der Waals surface area contributed by atoms with Gasteiger partial charge < -0.3 is 19.7 Å². The lowest BCUT2D eigenvalue weighted by molar-refractivity contribution is -0.171. The molecule has 2 unspecified atom stereocenters. The van der Waals surface area contributed by atoms with E-state index in [0.717, 1.165) is 30.1 Å². The smallest absolute Gasteiger partial charge is 0.343 e. The van der Waals surface area contributed by atoms with Crippen LogP contribution in [0.25, 0.3) is 0 Å². The normalized spacial score (nSPS) is 39.2. The van der Waals surface area contributed by atoms with Crippen LogP contribution in [0, 0.1) is 5.92 Å². The maximum absolute atomic E-state index is 12.4. The molecule has 150 valence electrons. The number of rotatable bonds is 2. The monoisotopic (exact) mass is 393 g/mol. The second kappa shape index (κ2) is 4.87. The number of hydrogen-bond acceptors (Lipinski definition) is 6. The van der Waals surface area contributed by atoms with E-state index in [1.165, 1.54) is 12.8 Å². The molecule has 1 saturated heterocycles. The third-order valence-corrected chi connectivity index (χ3v) is 8.31. The summed E-state index contributed by atoms with van der Waals surface area (Å²) in [6.45, 7) is 5.80. The molecule has 0 radical (unpaired) electrons. The van der Waals surface area contributed by atoms with Crippen LogP contribution in [0.2, 0.25) is 0 Å². The Labute approximate surface area is 168 Å². The third kappa shape index (κ3) is 1.71. The van der Waals surface area contributed by atoms with Crippen LogP contribution in [-0.2, 0) is 21.4 Å². The zero-order chi connectivity index (χ0) is 19.7. The number of piperidine rings is 1. The molecule has 1 spiro atoms. The van der Waals surface area contributed by atoms with Crippen LogP contribution < -0.4 is 4.74 Å². The van der Waals surface area contributed by atoms with Crippen LogP contribution in [0.4, 0.5) is 0 Å². The maximum atomic E-state index is 12.4. The Kier molecular flexibility index (Phi) is 2.77. The van der Waals surface area contributed by atoms with Gasteiger partial charge in [-0.25, -0.2) is 4.79 Å². The first-order valence-electron chi connectivity index (χ1n) is 10.6. The van der Waals surface area contributed by atoms with E-state index < -0.39 is 23.1 Å². The number of nitrogens with zero attached hydrogens (tertiary/aromatic N) is 1. The first kappa shape index (κ1) is 16.5. The lowest BCUT2D eigenvalue weighted by Gasteiger charge is -2.62. The number of carbonyl (C=O) groups excluding carboxylic acids is 1. The molecule has 2 bridgehead atoms. The summed E-state index contributed by atoms with van der Waals surface area (Å²) in [4.78, 5) is 14.8. The molecule has 0 aromatic heterocycles. The summed E-state index contributed by atoms with van der Waals surface area (Å²) in [6, 6.07) is 3.60. The van der Waals surface area contributed by atoms with Crippen molar-refractivity contribution in [1.29, 1.82) is 0 Å². The highest BCUT2D eigenvalue weighted by atomic mass is 16.6. The highest BCUT2D eigenvalue weighted by molar-refractivity contribution is 5.97. The van der Waals surface area contributed by atoms with Gasteiger partial charge in [0.05, 0.1) is 16.6 Å². The molecule has 4 atom stereocenters. The molecule has 6 aliphatic rings. The number of phenolic OH excluding ortho intramolecular Hbond substituents is 1. The molecule has 6 nitrogen and oxygen atoms in total.